The molecule has 0 bridgehead atoms. The highest BCUT2D eigenvalue weighted by molar-refractivity contribution is 5.66. The van der Waals surface area contributed by atoms with E-state index in [4.69, 9.17) is 4.74 Å². The van der Waals surface area contributed by atoms with Gasteiger partial charge in [-0.1, -0.05) is 36.4 Å². The van der Waals surface area contributed by atoms with Crippen LogP contribution in [0.1, 0.15) is 25.5 Å². The predicted octanol–water partition coefficient (Wildman–Crippen LogP) is 2.87. The Labute approximate surface area is 84.2 Å². The van der Waals surface area contributed by atoms with E-state index in [0.717, 1.165) is 5.56 Å². The second-order valence-corrected chi connectivity index (χ2v) is 2.97. The molecule has 1 atom stereocenters. The highest BCUT2D eigenvalue weighted by atomic mass is 16.5. The fourth-order valence-electron chi connectivity index (χ4n) is 1.21. The van der Waals surface area contributed by atoms with Crippen LogP contribution in [0.2, 0.25) is 0 Å². The largest absolute Gasteiger partial charge is 0.453 e. The number of allylic oxidation sites excluding steroid dienone is 1. The maximum absolute atomic E-state index is 10.8. The van der Waals surface area contributed by atoms with Crippen LogP contribution >= 0.6 is 0 Å². The molecule has 0 aliphatic rings. The molecule has 2 nitrogen and oxygen atoms in total. The number of esters is 1. The van der Waals surface area contributed by atoms with E-state index in [1.807, 2.05) is 49.4 Å². The van der Waals surface area contributed by atoms with Crippen LogP contribution in [0.5, 0.6) is 0 Å². The Morgan fingerprint density at radius 3 is 2.50 bits per heavy atom. The Kier molecular flexibility index (Phi) is 3.92. The zero-order valence-electron chi connectivity index (χ0n) is 8.44. The number of hydrogen-bond acceptors (Lipinski definition) is 2. The summed E-state index contributed by atoms with van der Waals surface area (Å²) in [6.45, 7) is 3.32. The fourth-order valence-corrected chi connectivity index (χ4v) is 1.21. The number of hydrogen-bond donors (Lipinski definition) is 0. The minimum Gasteiger partial charge on any atom is -0.453 e. The Morgan fingerprint density at radius 1 is 1.36 bits per heavy atom. The first-order chi connectivity index (χ1) is 6.74. The van der Waals surface area contributed by atoms with Crippen molar-refractivity contribution in [2.24, 2.45) is 0 Å². The minimum absolute atomic E-state index is 0.265. The van der Waals surface area contributed by atoms with Gasteiger partial charge in [-0.2, -0.15) is 0 Å². The van der Waals surface area contributed by atoms with E-state index in [0.29, 0.717) is 0 Å². The van der Waals surface area contributed by atoms with Crippen molar-refractivity contribution in [3.05, 3.63) is 48.0 Å². The van der Waals surface area contributed by atoms with Gasteiger partial charge in [0.2, 0.25) is 0 Å². The monoisotopic (exact) mass is 190 g/mol. The van der Waals surface area contributed by atoms with Gasteiger partial charge in [-0.05, 0) is 18.6 Å². The second-order valence-electron chi connectivity index (χ2n) is 2.97. The topological polar surface area (TPSA) is 26.3 Å². The van der Waals surface area contributed by atoms with Crippen molar-refractivity contribution >= 4 is 5.97 Å². The summed E-state index contributed by atoms with van der Waals surface area (Å²) < 4.78 is 5.15. The lowest BCUT2D eigenvalue weighted by atomic mass is 10.1. The SMILES string of the molecule is C/C=C\[C@@H](OC(C)=O)c1ccccc1. The molecule has 1 aromatic rings. The first kappa shape index (κ1) is 10.5. The molecule has 2 heteroatoms. The summed E-state index contributed by atoms with van der Waals surface area (Å²) in [5.74, 6) is -0.267. The summed E-state index contributed by atoms with van der Waals surface area (Å²) in [6.07, 6.45) is 3.47. The van der Waals surface area contributed by atoms with Crippen molar-refractivity contribution < 1.29 is 9.53 Å². The fraction of sp³-hybridized carbons (Fsp3) is 0.250. The van der Waals surface area contributed by atoms with Gasteiger partial charge in [0.1, 0.15) is 6.10 Å². The van der Waals surface area contributed by atoms with Crippen molar-refractivity contribution in [1.29, 1.82) is 0 Å². The molecule has 0 spiro atoms. The lowest BCUT2D eigenvalue weighted by Gasteiger charge is -2.12. The first-order valence-corrected chi connectivity index (χ1v) is 4.59. The number of carbonyl (C=O) groups excluding carboxylic acids is 1. The summed E-state index contributed by atoms with van der Waals surface area (Å²) in [5, 5.41) is 0. The lowest BCUT2D eigenvalue weighted by molar-refractivity contribution is -0.144. The minimum atomic E-state index is -0.267. The third-order valence-corrected chi connectivity index (χ3v) is 1.79. The average molecular weight is 190 g/mol. The Morgan fingerprint density at radius 2 is 2.00 bits per heavy atom. The second kappa shape index (κ2) is 5.22. The van der Waals surface area contributed by atoms with E-state index in [1.54, 1.807) is 0 Å². The van der Waals surface area contributed by atoms with E-state index in [2.05, 4.69) is 0 Å². The molecule has 0 amide bonds. The quantitative estimate of drug-likeness (QED) is 0.541. The van der Waals surface area contributed by atoms with Gasteiger partial charge in [0.15, 0.2) is 0 Å². The van der Waals surface area contributed by atoms with Gasteiger partial charge in [0.25, 0.3) is 0 Å². The Balaban J connectivity index is 2.83. The number of rotatable bonds is 3. The van der Waals surface area contributed by atoms with Crippen molar-refractivity contribution in [2.45, 2.75) is 20.0 Å². The van der Waals surface area contributed by atoms with Crippen molar-refractivity contribution in [3.8, 4) is 0 Å². The standard InChI is InChI=1S/C12H14O2/c1-3-7-12(14-10(2)13)11-8-5-4-6-9-11/h3-9,12H,1-2H3/b7-3-/t12-/m1/s1. The first-order valence-electron chi connectivity index (χ1n) is 4.59. The Bertz CT molecular complexity index is 314. The van der Waals surface area contributed by atoms with Gasteiger partial charge in [-0.25, -0.2) is 0 Å². The van der Waals surface area contributed by atoms with Crippen LogP contribution in [0, 0.1) is 0 Å². The summed E-state index contributed by atoms with van der Waals surface area (Å²) in [7, 11) is 0. The molecule has 0 N–H and O–H groups in total. The van der Waals surface area contributed by atoms with E-state index >= 15 is 0 Å². The van der Waals surface area contributed by atoms with Crippen molar-refractivity contribution in [2.75, 3.05) is 0 Å². The molecule has 0 heterocycles. The molecule has 0 saturated heterocycles. The normalized spacial score (nSPS) is 12.7. The Hall–Kier alpha value is -1.57. The highest BCUT2D eigenvalue weighted by Gasteiger charge is 2.09. The summed E-state index contributed by atoms with van der Waals surface area (Å²) in [5.41, 5.74) is 0.987. The maximum Gasteiger partial charge on any atom is 0.303 e. The number of benzene rings is 1. The van der Waals surface area contributed by atoms with Crippen LogP contribution in [-0.2, 0) is 9.53 Å². The van der Waals surface area contributed by atoms with E-state index in [-0.39, 0.29) is 12.1 Å². The molecular weight excluding hydrogens is 176 g/mol. The molecule has 0 aliphatic heterocycles. The number of carbonyl (C=O) groups is 1. The van der Waals surface area contributed by atoms with Crippen LogP contribution in [0.15, 0.2) is 42.5 Å². The molecule has 0 aliphatic carbocycles. The van der Waals surface area contributed by atoms with Gasteiger partial charge < -0.3 is 4.74 Å². The lowest BCUT2D eigenvalue weighted by Crippen LogP contribution is -2.05. The zero-order chi connectivity index (χ0) is 10.4. The third kappa shape index (κ3) is 3.05. The maximum atomic E-state index is 10.8. The highest BCUT2D eigenvalue weighted by Crippen LogP contribution is 2.18. The molecule has 0 aromatic heterocycles. The van der Waals surface area contributed by atoms with Crippen LogP contribution < -0.4 is 0 Å². The smallest absolute Gasteiger partial charge is 0.303 e. The van der Waals surface area contributed by atoms with Crippen LogP contribution in [0.4, 0.5) is 0 Å². The molecule has 1 aromatic carbocycles. The molecule has 0 fully saturated rings. The van der Waals surface area contributed by atoms with Crippen LogP contribution in [0.25, 0.3) is 0 Å². The molecular formula is C12H14O2. The van der Waals surface area contributed by atoms with Crippen molar-refractivity contribution in [1.82, 2.24) is 0 Å². The predicted molar refractivity (Wildman–Crippen MR) is 55.8 cm³/mol. The van der Waals surface area contributed by atoms with Gasteiger partial charge in [0, 0.05) is 6.92 Å². The van der Waals surface area contributed by atoms with E-state index < -0.39 is 0 Å². The van der Waals surface area contributed by atoms with Crippen molar-refractivity contribution in [3.63, 3.8) is 0 Å². The van der Waals surface area contributed by atoms with E-state index in [1.165, 1.54) is 6.92 Å². The van der Waals surface area contributed by atoms with Gasteiger partial charge in [-0.15, -0.1) is 0 Å². The van der Waals surface area contributed by atoms with Gasteiger partial charge in [0.05, 0.1) is 0 Å². The third-order valence-electron chi connectivity index (χ3n) is 1.79. The van der Waals surface area contributed by atoms with Crippen LogP contribution in [-0.4, -0.2) is 5.97 Å². The van der Waals surface area contributed by atoms with Gasteiger partial charge >= 0.3 is 5.97 Å². The van der Waals surface area contributed by atoms with Gasteiger partial charge in [-0.3, -0.25) is 4.79 Å². The van der Waals surface area contributed by atoms with Crippen LogP contribution in [0.3, 0.4) is 0 Å². The van der Waals surface area contributed by atoms with E-state index in [9.17, 15) is 4.79 Å². The number of ether oxygens (including phenoxy) is 1. The molecule has 14 heavy (non-hydrogen) atoms. The zero-order valence-corrected chi connectivity index (χ0v) is 8.44. The summed E-state index contributed by atoms with van der Waals surface area (Å²) in [6, 6.07) is 9.66. The molecule has 1 rings (SSSR count). The molecule has 74 valence electrons. The average Bonchev–Trinajstić information content (AvgIpc) is 2.18. The summed E-state index contributed by atoms with van der Waals surface area (Å²) in [4.78, 5) is 10.8. The molecule has 0 saturated carbocycles. The molecule has 0 unspecified atom stereocenters. The molecule has 0 radical (unpaired) electrons. The summed E-state index contributed by atoms with van der Waals surface area (Å²) >= 11 is 0.